The molecular weight excluding hydrogens is 252 g/mol. The first-order valence-electron chi connectivity index (χ1n) is 6.41. The van der Waals surface area contributed by atoms with Crippen molar-refractivity contribution in [1.82, 2.24) is 15.3 Å². The molecule has 3 N–H and O–H groups in total. The Bertz CT molecular complexity index is 596. The summed E-state index contributed by atoms with van der Waals surface area (Å²) in [6.07, 6.45) is 1.67. The quantitative estimate of drug-likeness (QED) is 0.876. The highest BCUT2D eigenvalue weighted by Gasteiger charge is 2.29. The molecule has 1 aromatic carbocycles. The van der Waals surface area contributed by atoms with Crippen molar-refractivity contribution in [3.63, 3.8) is 0 Å². The molecule has 0 saturated carbocycles. The molecule has 5 nitrogen and oxygen atoms in total. The van der Waals surface area contributed by atoms with E-state index in [1.54, 1.807) is 19.2 Å². The van der Waals surface area contributed by atoms with Gasteiger partial charge in [-0.05, 0) is 25.5 Å². The molecule has 1 unspecified atom stereocenters. The summed E-state index contributed by atoms with van der Waals surface area (Å²) in [5.41, 5.74) is 6.60. The largest absolute Gasteiger partial charge is 0.349 e. The maximum Gasteiger partial charge on any atom is 0.244 e. The number of rotatable bonds is 4. The molecule has 0 aliphatic carbocycles. The minimum Gasteiger partial charge on any atom is -0.349 e. The van der Waals surface area contributed by atoms with Crippen LogP contribution in [0.3, 0.4) is 0 Å². The average molecular weight is 270 g/mol. The Balaban J connectivity index is 2.05. The summed E-state index contributed by atoms with van der Waals surface area (Å²) >= 11 is 0. The van der Waals surface area contributed by atoms with E-state index in [4.69, 9.17) is 5.73 Å². The predicted octanol–water partition coefficient (Wildman–Crippen LogP) is 1.28. The van der Waals surface area contributed by atoms with Gasteiger partial charge in [0.2, 0.25) is 5.91 Å². The summed E-state index contributed by atoms with van der Waals surface area (Å²) in [5.74, 6) is 0.440. The number of benzene rings is 1. The van der Waals surface area contributed by atoms with Crippen LogP contribution in [0.25, 0.3) is 0 Å². The molecule has 1 amide bonds. The Morgan fingerprint density at radius 3 is 2.65 bits per heavy atom. The van der Waals surface area contributed by atoms with E-state index in [1.807, 2.05) is 37.3 Å². The Hall–Kier alpha value is -2.27. The third kappa shape index (κ3) is 3.19. The fraction of sp³-hybridized carbons (Fsp3) is 0.267. The lowest BCUT2D eigenvalue weighted by molar-refractivity contribution is -0.126. The van der Waals surface area contributed by atoms with Crippen LogP contribution in [-0.4, -0.2) is 15.9 Å². The van der Waals surface area contributed by atoms with Crippen LogP contribution < -0.4 is 11.1 Å². The summed E-state index contributed by atoms with van der Waals surface area (Å²) in [6, 6.07) is 11.1. The van der Waals surface area contributed by atoms with E-state index in [2.05, 4.69) is 15.3 Å². The molecule has 20 heavy (non-hydrogen) atoms. The van der Waals surface area contributed by atoms with Crippen LogP contribution in [0.15, 0.2) is 42.6 Å². The van der Waals surface area contributed by atoms with Crippen molar-refractivity contribution in [2.45, 2.75) is 25.9 Å². The number of aryl methyl sites for hydroxylation is 1. The second kappa shape index (κ2) is 5.79. The Kier molecular flexibility index (Phi) is 4.10. The van der Waals surface area contributed by atoms with Crippen LogP contribution >= 0.6 is 0 Å². The molecule has 0 fully saturated rings. The smallest absolute Gasteiger partial charge is 0.244 e. The van der Waals surface area contributed by atoms with Crippen molar-refractivity contribution in [2.24, 2.45) is 5.73 Å². The molecule has 0 spiro atoms. The van der Waals surface area contributed by atoms with Crippen LogP contribution in [0.4, 0.5) is 0 Å². The van der Waals surface area contributed by atoms with Gasteiger partial charge in [0, 0.05) is 6.20 Å². The Morgan fingerprint density at radius 2 is 2.00 bits per heavy atom. The lowest BCUT2D eigenvalue weighted by atomic mass is 9.92. The van der Waals surface area contributed by atoms with E-state index in [-0.39, 0.29) is 5.91 Å². The third-order valence-corrected chi connectivity index (χ3v) is 3.11. The van der Waals surface area contributed by atoms with Gasteiger partial charge in [-0.2, -0.15) is 0 Å². The van der Waals surface area contributed by atoms with E-state index in [1.165, 1.54) is 0 Å². The fourth-order valence-corrected chi connectivity index (χ4v) is 1.87. The first-order valence-corrected chi connectivity index (χ1v) is 6.41. The number of aromatic nitrogens is 2. The van der Waals surface area contributed by atoms with Gasteiger partial charge in [0.05, 0.1) is 12.2 Å². The van der Waals surface area contributed by atoms with Crippen LogP contribution in [0.1, 0.15) is 24.0 Å². The SMILES string of the molecule is Cc1nccc(CNC(=O)C(C)(N)c2ccccc2)n1. The Morgan fingerprint density at radius 1 is 1.30 bits per heavy atom. The number of carbonyl (C=O) groups is 1. The molecule has 0 aliphatic rings. The van der Waals surface area contributed by atoms with Crippen LogP contribution in [0.5, 0.6) is 0 Å². The highest BCUT2D eigenvalue weighted by molar-refractivity contribution is 5.86. The van der Waals surface area contributed by atoms with Crippen molar-refractivity contribution in [2.75, 3.05) is 0 Å². The van der Waals surface area contributed by atoms with Gasteiger partial charge in [-0.15, -0.1) is 0 Å². The lowest BCUT2D eigenvalue weighted by Crippen LogP contribution is -2.48. The number of nitrogens with two attached hydrogens (primary N) is 1. The van der Waals surface area contributed by atoms with Crippen molar-refractivity contribution >= 4 is 5.91 Å². The number of amides is 1. The van der Waals surface area contributed by atoms with Crippen molar-refractivity contribution in [3.05, 3.63) is 59.7 Å². The Labute approximate surface area is 118 Å². The molecule has 0 bridgehead atoms. The zero-order chi connectivity index (χ0) is 14.6. The highest BCUT2D eigenvalue weighted by atomic mass is 16.2. The predicted molar refractivity (Wildman–Crippen MR) is 76.6 cm³/mol. The van der Waals surface area contributed by atoms with Crippen LogP contribution in [0, 0.1) is 6.92 Å². The number of hydrogen-bond acceptors (Lipinski definition) is 4. The maximum atomic E-state index is 12.2. The summed E-state index contributed by atoms with van der Waals surface area (Å²) in [7, 11) is 0. The minimum atomic E-state index is -1.07. The van der Waals surface area contributed by atoms with Gasteiger partial charge in [-0.3, -0.25) is 4.79 Å². The molecule has 2 rings (SSSR count). The van der Waals surface area contributed by atoms with Gasteiger partial charge in [0.1, 0.15) is 11.4 Å². The molecule has 0 radical (unpaired) electrons. The van der Waals surface area contributed by atoms with Crippen LogP contribution in [0.2, 0.25) is 0 Å². The molecule has 0 aliphatic heterocycles. The summed E-state index contributed by atoms with van der Waals surface area (Å²) in [4.78, 5) is 20.5. The maximum absolute atomic E-state index is 12.2. The number of carbonyl (C=O) groups excluding carboxylic acids is 1. The number of nitrogens with one attached hydrogen (secondary N) is 1. The fourth-order valence-electron chi connectivity index (χ4n) is 1.87. The standard InChI is InChI=1S/C15H18N4O/c1-11-17-9-8-13(19-11)10-18-14(20)15(2,16)12-6-4-3-5-7-12/h3-9H,10,16H2,1-2H3,(H,18,20). The number of nitrogens with zero attached hydrogens (tertiary/aromatic N) is 2. The van der Waals surface area contributed by atoms with Crippen molar-refractivity contribution in [3.8, 4) is 0 Å². The summed E-state index contributed by atoms with van der Waals surface area (Å²) in [5, 5.41) is 2.81. The monoisotopic (exact) mass is 270 g/mol. The highest BCUT2D eigenvalue weighted by Crippen LogP contribution is 2.17. The zero-order valence-corrected chi connectivity index (χ0v) is 11.6. The molecule has 1 aromatic heterocycles. The van der Waals surface area contributed by atoms with Gasteiger partial charge >= 0.3 is 0 Å². The average Bonchev–Trinajstić information content (AvgIpc) is 2.45. The van der Waals surface area contributed by atoms with Gasteiger partial charge < -0.3 is 11.1 Å². The molecule has 104 valence electrons. The minimum absolute atomic E-state index is 0.236. The molecule has 1 heterocycles. The van der Waals surface area contributed by atoms with Gasteiger partial charge in [-0.25, -0.2) is 9.97 Å². The van der Waals surface area contributed by atoms with Gasteiger partial charge in [0.15, 0.2) is 0 Å². The summed E-state index contributed by atoms with van der Waals surface area (Å²) in [6.45, 7) is 3.84. The van der Waals surface area contributed by atoms with Gasteiger partial charge in [-0.1, -0.05) is 30.3 Å². The topological polar surface area (TPSA) is 80.9 Å². The second-order valence-corrected chi connectivity index (χ2v) is 4.85. The molecular formula is C15H18N4O. The zero-order valence-electron chi connectivity index (χ0n) is 11.6. The second-order valence-electron chi connectivity index (χ2n) is 4.85. The molecule has 0 saturated heterocycles. The first kappa shape index (κ1) is 14.1. The lowest BCUT2D eigenvalue weighted by Gasteiger charge is -2.24. The van der Waals surface area contributed by atoms with E-state index < -0.39 is 5.54 Å². The number of hydrogen-bond donors (Lipinski definition) is 2. The van der Waals surface area contributed by atoms with Crippen molar-refractivity contribution in [1.29, 1.82) is 0 Å². The summed E-state index contributed by atoms with van der Waals surface area (Å²) < 4.78 is 0. The third-order valence-electron chi connectivity index (χ3n) is 3.11. The molecule has 1 atom stereocenters. The van der Waals surface area contributed by atoms with E-state index in [0.29, 0.717) is 12.4 Å². The molecule has 5 heteroatoms. The van der Waals surface area contributed by atoms with E-state index in [0.717, 1.165) is 11.3 Å². The van der Waals surface area contributed by atoms with E-state index in [9.17, 15) is 4.79 Å². The van der Waals surface area contributed by atoms with E-state index >= 15 is 0 Å². The van der Waals surface area contributed by atoms with Gasteiger partial charge in [0.25, 0.3) is 0 Å². The normalized spacial score (nSPS) is 13.6. The first-order chi connectivity index (χ1) is 9.50. The molecule has 2 aromatic rings. The van der Waals surface area contributed by atoms with Crippen molar-refractivity contribution < 1.29 is 4.79 Å². The van der Waals surface area contributed by atoms with Crippen LogP contribution in [-0.2, 0) is 16.9 Å².